The van der Waals surface area contributed by atoms with Gasteiger partial charge in [-0.05, 0) is 19.1 Å². The zero-order valence-corrected chi connectivity index (χ0v) is 8.78. The second-order valence-corrected chi connectivity index (χ2v) is 4.44. The summed E-state index contributed by atoms with van der Waals surface area (Å²) in [6.45, 7) is 1.16. The fourth-order valence-electron chi connectivity index (χ4n) is 0.926. The Labute approximate surface area is 86.6 Å². The minimum Gasteiger partial charge on any atom is -0.467 e. The van der Waals surface area contributed by atoms with Crippen molar-refractivity contribution in [2.75, 3.05) is 0 Å². The highest BCUT2D eigenvalue weighted by Gasteiger charge is 2.29. The first-order valence-electron chi connectivity index (χ1n) is 4.15. The van der Waals surface area contributed by atoms with Gasteiger partial charge < -0.3 is 9.15 Å². The summed E-state index contributed by atoms with van der Waals surface area (Å²) < 4.78 is 51.9. The van der Waals surface area contributed by atoms with Crippen LogP contribution in [0, 0.1) is 0 Å². The highest BCUT2D eigenvalue weighted by molar-refractivity contribution is 7.86. The molecule has 1 rings (SSSR count). The highest BCUT2D eigenvalue weighted by Crippen LogP contribution is 2.12. The van der Waals surface area contributed by atoms with Gasteiger partial charge in [-0.15, -0.1) is 0 Å². The molecule has 0 amide bonds. The summed E-state index contributed by atoms with van der Waals surface area (Å²) in [6, 6.07) is 3.23. The molecule has 0 spiro atoms. The number of rotatable bonds is 5. The van der Waals surface area contributed by atoms with Crippen LogP contribution in [0.3, 0.4) is 0 Å². The molecular weight excluding hydrogens is 227 g/mol. The van der Waals surface area contributed by atoms with E-state index in [-0.39, 0.29) is 6.61 Å². The average molecular weight is 238 g/mol. The maximum atomic E-state index is 12.9. The van der Waals surface area contributed by atoms with E-state index >= 15 is 0 Å². The molecule has 1 N–H and O–H groups in total. The van der Waals surface area contributed by atoms with Crippen LogP contribution in [0.5, 0.6) is 0 Å². The summed E-state index contributed by atoms with van der Waals surface area (Å²) in [6.07, 6.45) is 0.157. The lowest BCUT2D eigenvalue weighted by Crippen LogP contribution is -2.29. The van der Waals surface area contributed by atoms with E-state index in [1.165, 1.54) is 13.2 Å². The van der Waals surface area contributed by atoms with Crippen LogP contribution in [0.1, 0.15) is 12.7 Å². The van der Waals surface area contributed by atoms with Crippen molar-refractivity contribution in [2.45, 2.75) is 25.1 Å². The molecule has 0 aromatic carbocycles. The number of furan rings is 1. The van der Waals surface area contributed by atoms with E-state index in [0.29, 0.717) is 5.76 Å². The van der Waals surface area contributed by atoms with Gasteiger partial charge in [-0.25, -0.2) is 4.39 Å². The summed E-state index contributed by atoms with van der Waals surface area (Å²) in [4.78, 5) is 0. The van der Waals surface area contributed by atoms with Gasteiger partial charge >= 0.3 is 0 Å². The molecule has 2 unspecified atom stereocenters. The van der Waals surface area contributed by atoms with E-state index in [2.05, 4.69) is 0 Å². The van der Waals surface area contributed by atoms with Crippen LogP contribution in [0.15, 0.2) is 22.8 Å². The van der Waals surface area contributed by atoms with Gasteiger partial charge in [0.25, 0.3) is 15.6 Å². The van der Waals surface area contributed by atoms with Crippen LogP contribution in [-0.2, 0) is 21.5 Å². The van der Waals surface area contributed by atoms with Crippen molar-refractivity contribution in [2.24, 2.45) is 0 Å². The van der Waals surface area contributed by atoms with Crippen molar-refractivity contribution < 1.29 is 26.5 Å². The van der Waals surface area contributed by atoms with Crippen LogP contribution in [0.4, 0.5) is 4.39 Å². The Bertz CT molecular complexity index is 385. The summed E-state index contributed by atoms with van der Waals surface area (Å²) in [5.41, 5.74) is -2.45. The average Bonchev–Trinajstić information content (AvgIpc) is 2.63. The topological polar surface area (TPSA) is 76.7 Å². The monoisotopic (exact) mass is 238 g/mol. The lowest BCUT2D eigenvalue weighted by Gasteiger charge is -2.14. The van der Waals surface area contributed by atoms with Gasteiger partial charge in [-0.1, -0.05) is 0 Å². The standard InChI is InChI=1S/C8H11FO5S/c1-6(8(9)15(10,11)12)14-5-7-3-2-4-13-7/h2-4,6,8H,5H2,1H3,(H,10,11,12). The molecule has 0 saturated heterocycles. The van der Waals surface area contributed by atoms with Crippen molar-refractivity contribution in [3.05, 3.63) is 24.2 Å². The normalized spacial score (nSPS) is 16.2. The third-order valence-corrected chi connectivity index (χ3v) is 2.67. The molecule has 0 aliphatic rings. The van der Waals surface area contributed by atoms with Crippen LogP contribution in [0.2, 0.25) is 0 Å². The molecule has 15 heavy (non-hydrogen) atoms. The SMILES string of the molecule is CC(OCc1ccco1)C(F)S(=O)(=O)O. The van der Waals surface area contributed by atoms with E-state index in [1.807, 2.05) is 0 Å². The minimum absolute atomic E-state index is 0.0515. The second-order valence-electron chi connectivity index (χ2n) is 2.96. The molecule has 0 bridgehead atoms. The number of ether oxygens (including phenoxy) is 1. The predicted molar refractivity (Wildman–Crippen MR) is 49.4 cm³/mol. The van der Waals surface area contributed by atoms with Crippen LogP contribution in [-0.4, -0.2) is 24.6 Å². The summed E-state index contributed by atoms with van der Waals surface area (Å²) in [5, 5.41) is 0. The second kappa shape index (κ2) is 4.73. The molecule has 7 heteroatoms. The molecular formula is C8H11FO5S. The van der Waals surface area contributed by atoms with Gasteiger partial charge in [0.2, 0.25) is 0 Å². The number of halogens is 1. The van der Waals surface area contributed by atoms with Crippen molar-refractivity contribution in [3.63, 3.8) is 0 Å². The third kappa shape index (κ3) is 3.61. The lowest BCUT2D eigenvalue weighted by atomic mass is 10.4. The van der Waals surface area contributed by atoms with Crippen LogP contribution < -0.4 is 0 Å². The number of hydrogen-bond donors (Lipinski definition) is 1. The number of alkyl halides is 1. The Hall–Kier alpha value is -0.920. The van der Waals surface area contributed by atoms with E-state index in [0.717, 1.165) is 0 Å². The van der Waals surface area contributed by atoms with E-state index in [4.69, 9.17) is 13.7 Å². The summed E-state index contributed by atoms with van der Waals surface area (Å²) >= 11 is 0. The molecule has 1 aromatic heterocycles. The molecule has 0 aliphatic carbocycles. The quantitative estimate of drug-likeness (QED) is 0.784. The first kappa shape index (κ1) is 12.2. The van der Waals surface area contributed by atoms with E-state index in [9.17, 15) is 12.8 Å². The largest absolute Gasteiger partial charge is 0.467 e. The summed E-state index contributed by atoms with van der Waals surface area (Å²) in [7, 11) is -4.72. The summed E-state index contributed by atoms with van der Waals surface area (Å²) in [5.74, 6) is 0.449. The maximum absolute atomic E-state index is 12.9. The molecule has 2 atom stereocenters. The lowest BCUT2D eigenvalue weighted by molar-refractivity contribution is 0.0135. The van der Waals surface area contributed by atoms with Gasteiger partial charge in [0.1, 0.15) is 18.5 Å². The Kier molecular flexibility index (Phi) is 3.83. The van der Waals surface area contributed by atoms with Crippen molar-refractivity contribution in [3.8, 4) is 0 Å². The zero-order chi connectivity index (χ0) is 11.5. The fourth-order valence-corrected chi connectivity index (χ4v) is 1.49. The third-order valence-electron chi connectivity index (χ3n) is 1.72. The van der Waals surface area contributed by atoms with Gasteiger partial charge in [-0.2, -0.15) is 8.42 Å². The van der Waals surface area contributed by atoms with Gasteiger partial charge in [0.05, 0.1) is 6.26 Å². The van der Waals surface area contributed by atoms with Crippen molar-refractivity contribution in [1.29, 1.82) is 0 Å². The highest BCUT2D eigenvalue weighted by atomic mass is 32.2. The molecule has 86 valence electrons. The van der Waals surface area contributed by atoms with Crippen molar-refractivity contribution in [1.82, 2.24) is 0 Å². The van der Waals surface area contributed by atoms with Crippen LogP contribution >= 0.6 is 0 Å². The van der Waals surface area contributed by atoms with Gasteiger partial charge in [-0.3, -0.25) is 4.55 Å². The Balaban J connectivity index is 2.46. The number of hydrogen-bond acceptors (Lipinski definition) is 4. The van der Waals surface area contributed by atoms with Crippen LogP contribution in [0.25, 0.3) is 0 Å². The fraction of sp³-hybridized carbons (Fsp3) is 0.500. The zero-order valence-electron chi connectivity index (χ0n) is 7.96. The minimum atomic E-state index is -4.72. The molecule has 1 heterocycles. The first-order chi connectivity index (χ1) is 6.91. The molecule has 0 aliphatic heterocycles. The molecule has 5 nitrogen and oxygen atoms in total. The smallest absolute Gasteiger partial charge is 0.300 e. The molecule has 0 saturated carbocycles. The molecule has 1 aromatic rings. The Morgan fingerprint density at radius 2 is 2.33 bits per heavy atom. The maximum Gasteiger partial charge on any atom is 0.300 e. The van der Waals surface area contributed by atoms with Crippen molar-refractivity contribution >= 4 is 10.1 Å². The van der Waals surface area contributed by atoms with Gasteiger partial charge in [0.15, 0.2) is 0 Å². The van der Waals surface area contributed by atoms with E-state index in [1.54, 1.807) is 12.1 Å². The van der Waals surface area contributed by atoms with E-state index < -0.39 is 21.7 Å². The first-order valence-corrected chi connectivity index (χ1v) is 5.66. The Morgan fingerprint density at radius 1 is 1.67 bits per heavy atom. The predicted octanol–water partition coefficient (Wildman–Crippen LogP) is 1.37. The Morgan fingerprint density at radius 3 is 2.80 bits per heavy atom. The molecule has 0 radical (unpaired) electrons. The molecule has 0 fully saturated rings. The van der Waals surface area contributed by atoms with Gasteiger partial charge in [0, 0.05) is 0 Å².